The van der Waals surface area contributed by atoms with E-state index in [9.17, 15) is 4.79 Å². The van der Waals surface area contributed by atoms with Gasteiger partial charge in [0.15, 0.2) is 5.76 Å². The van der Waals surface area contributed by atoms with Gasteiger partial charge in [-0.25, -0.2) is 4.98 Å². The molecule has 1 amide bonds. The van der Waals surface area contributed by atoms with Crippen LogP contribution in [0.25, 0.3) is 22.8 Å². The minimum Gasteiger partial charge on any atom is -0.436 e. The van der Waals surface area contributed by atoms with Gasteiger partial charge in [-0.15, -0.1) is 12.4 Å². The van der Waals surface area contributed by atoms with Crippen molar-refractivity contribution >= 4 is 18.3 Å². The largest absolute Gasteiger partial charge is 0.436 e. The lowest BCUT2D eigenvalue weighted by Gasteiger charge is -2.23. The van der Waals surface area contributed by atoms with E-state index in [0.29, 0.717) is 35.9 Å². The molecule has 2 aromatic carbocycles. The minimum atomic E-state index is -0.00594. The molecule has 1 unspecified atom stereocenters. The number of benzene rings is 2. The Labute approximate surface area is 171 Å². The molecule has 0 aliphatic carbocycles. The molecule has 1 aliphatic heterocycles. The Morgan fingerprint density at radius 3 is 2.61 bits per heavy atom. The van der Waals surface area contributed by atoms with E-state index in [1.54, 1.807) is 6.20 Å². The average Bonchev–Trinajstić information content (AvgIpc) is 3.36. The van der Waals surface area contributed by atoms with Crippen LogP contribution in [0.15, 0.2) is 65.2 Å². The summed E-state index contributed by atoms with van der Waals surface area (Å²) in [6, 6.07) is 17.3. The lowest BCUT2D eigenvalue weighted by atomic mass is 9.90. The second-order valence-electron chi connectivity index (χ2n) is 7.43. The van der Waals surface area contributed by atoms with Crippen molar-refractivity contribution in [2.24, 2.45) is 11.1 Å². The molecule has 1 aliphatic rings. The third kappa shape index (κ3) is 3.81. The van der Waals surface area contributed by atoms with Crippen LogP contribution in [0.1, 0.15) is 23.7 Å². The van der Waals surface area contributed by atoms with E-state index in [1.807, 2.05) is 59.5 Å². The van der Waals surface area contributed by atoms with Gasteiger partial charge in [-0.3, -0.25) is 4.79 Å². The van der Waals surface area contributed by atoms with Crippen LogP contribution in [0, 0.1) is 5.41 Å². The summed E-state index contributed by atoms with van der Waals surface area (Å²) in [6.07, 6.45) is 2.63. The smallest absolute Gasteiger partial charge is 0.254 e. The van der Waals surface area contributed by atoms with E-state index in [-0.39, 0.29) is 23.7 Å². The fourth-order valence-corrected chi connectivity index (χ4v) is 3.52. The number of amides is 1. The molecule has 0 bridgehead atoms. The topological polar surface area (TPSA) is 72.4 Å². The summed E-state index contributed by atoms with van der Waals surface area (Å²) in [5.41, 5.74) is 8.16. The van der Waals surface area contributed by atoms with Gasteiger partial charge >= 0.3 is 0 Å². The molecular formula is C22H24ClN3O2. The number of nitrogens with zero attached hydrogens (tertiary/aromatic N) is 2. The summed E-state index contributed by atoms with van der Waals surface area (Å²) in [4.78, 5) is 19.4. The second-order valence-corrected chi connectivity index (χ2v) is 7.43. The number of aromatic nitrogens is 1. The maximum Gasteiger partial charge on any atom is 0.254 e. The first kappa shape index (κ1) is 20.1. The summed E-state index contributed by atoms with van der Waals surface area (Å²) in [5, 5.41) is 0. The SMILES string of the molecule is CC1(CN)CCN(C(=O)c2ccccc2-c2ncc(-c3ccccc3)o2)C1.Cl. The van der Waals surface area contributed by atoms with Gasteiger partial charge in [0, 0.05) is 24.2 Å². The van der Waals surface area contributed by atoms with E-state index >= 15 is 0 Å². The van der Waals surface area contributed by atoms with Crippen LogP contribution in [-0.2, 0) is 0 Å². The third-order valence-electron chi connectivity index (χ3n) is 5.29. The monoisotopic (exact) mass is 397 g/mol. The van der Waals surface area contributed by atoms with Crippen molar-refractivity contribution in [3.8, 4) is 22.8 Å². The van der Waals surface area contributed by atoms with E-state index in [2.05, 4.69) is 11.9 Å². The molecule has 28 heavy (non-hydrogen) atoms. The van der Waals surface area contributed by atoms with Crippen LogP contribution in [-0.4, -0.2) is 35.4 Å². The molecule has 1 saturated heterocycles. The molecule has 1 fully saturated rings. The van der Waals surface area contributed by atoms with Gasteiger partial charge in [0.1, 0.15) is 0 Å². The van der Waals surface area contributed by atoms with Crippen molar-refractivity contribution in [3.63, 3.8) is 0 Å². The molecule has 1 aromatic heterocycles. The Bertz CT molecular complexity index is 957. The Kier molecular flexibility index (Phi) is 5.87. The molecule has 4 rings (SSSR count). The zero-order valence-electron chi connectivity index (χ0n) is 15.8. The molecule has 6 heteroatoms. The molecule has 3 aromatic rings. The van der Waals surface area contributed by atoms with Crippen molar-refractivity contribution in [2.45, 2.75) is 13.3 Å². The van der Waals surface area contributed by atoms with E-state index in [1.165, 1.54) is 0 Å². The van der Waals surface area contributed by atoms with Crippen LogP contribution in [0.3, 0.4) is 0 Å². The minimum absolute atomic E-state index is 0. The van der Waals surface area contributed by atoms with Gasteiger partial charge in [-0.05, 0) is 30.5 Å². The van der Waals surface area contributed by atoms with Crippen molar-refractivity contribution in [3.05, 3.63) is 66.4 Å². The number of carbonyl (C=O) groups excluding carboxylic acids is 1. The molecule has 5 nitrogen and oxygen atoms in total. The molecular weight excluding hydrogens is 374 g/mol. The molecule has 0 radical (unpaired) electrons. The highest BCUT2D eigenvalue weighted by Gasteiger charge is 2.36. The molecule has 0 spiro atoms. The van der Waals surface area contributed by atoms with Crippen molar-refractivity contribution < 1.29 is 9.21 Å². The lowest BCUT2D eigenvalue weighted by molar-refractivity contribution is 0.0777. The molecule has 2 heterocycles. The van der Waals surface area contributed by atoms with Crippen LogP contribution in [0.4, 0.5) is 0 Å². The summed E-state index contributed by atoms with van der Waals surface area (Å²) < 4.78 is 5.97. The summed E-state index contributed by atoms with van der Waals surface area (Å²) in [5.74, 6) is 1.14. The van der Waals surface area contributed by atoms with Crippen molar-refractivity contribution in [2.75, 3.05) is 19.6 Å². The van der Waals surface area contributed by atoms with E-state index in [0.717, 1.165) is 18.5 Å². The first-order chi connectivity index (χ1) is 13.1. The quantitative estimate of drug-likeness (QED) is 0.714. The summed E-state index contributed by atoms with van der Waals surface area (Å²) in [7, 11) is 0. The average molecular weight is 398 g/mol. The predicted octanol–water partition coefficient (Wildman–Crippen LogP) is 4.24. The van der Waals surface area contributed by atoms with Crippen LogP contribution in [0.2, 0.25) is 0 Å². The molecule has 1 atom stereocenters. The number of oxazole rings is 1. The normalized spacial score (nSPS) is 18.7. The predicted molar refractivity (Wildman–Crippen MR) is 112 cm³/mol. The Balaban J connectivity index is 0.00000225. The summed E-state index contributed by atoms with van der Waals surface area (Å²) in [6.45, 7) is 4.12. The molecule has 0 saturated carbocycles. The van der Waals surface area contributed by atoms with E-state index < -0.39 is 0 Å². The maximum absolute atomic E-state index is 13.1. The van der Waals surface area contributed by atoms with Crippen LogP contribution in [0.5, 0.6) is 0 Å². The number of carbonyl (C=O) groups is 1. The zero-order valence-corrected chi connectivity index (χ0v) is 16.6. The number of hydrogen-bond acceptors (Lipinski definition) is 4. The Hall–Kier alpha value is -2.63. The summed E-state index contributed by atoms with van der Waals surface area (Å²) >= 11 is 0. The zero-order chi connectivity index (χ0) is 18.9. The number of halogens is 1. The van der Waals surface area contributed by atoms with Crippen molar-refractivity contribution in [1.29, 1.82) is 0 Å². The standard InChI is InChI=1S/C22H23N3O2.ClH/c1-22(14-23)11-12-25(15-22)21(26)18-10-6-5-9-17(18)20-24-13-19(27-20)16-7-3-2-4-8-16;/h2-10,13H,11-12,14-15,23H2,1H3;1H. The highest BCUT2D eigenvalue weighted by atomic mass is 35.5. The fraction of sp³-hybridized carbons (Fsp3) is 0.273. The van der Waals surface area contributed by atoms with Crippen LogP contribution < -0.4 is 5.73 Å². The highest BCUT2D eigenvalue weighted by Crippen LogP contribution is 2.32. The van der Waals surface area contributed by atoms with Crippen molar-refractivity contribution in [1.82, 2.24) is 9.88 Å². The fourth-order valence-electron chi connectivity index (χ4n) is 3.52. The van der Waals surface area contributed by atoms with Gasteiger partial charge in [0.05, 0.1) is 11.8 Å². The Morgan fingerprint density at radius 1 is 1.18 bits per heavy atom. The first-order valence-corrected chi connectivity index (χ1v) is 9.20. The Morgan fingerprint density at radius 2 is 1.89 bits per heavy atom. The van der Waals surface area contributed by atoms with Gasteiger partial charge in [0.2, 0.25) is 5.89 Å². The number of rotatable bonds is 4. The molecule has 2 N–H and O–H groups in total. The van der Waals surface area contributed by atoms with Gasteiger partial charge < -0.3 is 15.1 Å². The van der Waals surface area contributed by atoms with Crippen LogP contribution >= 0.6 is 12.4 Å². The second kappa shape index (κ2) is 8.17. The van der Waals surface area contributed by atoms with Gasteiger partial charge in [-0.1, -0.05) is 49.4 Å². The number of likely N-dealkylation sites (tertiary alicyclic amines) is 1. The number of hydrogen-bond donors (Lipinski definition) is 1. The maximum atomic E-state index is 13.1. The van der Waals surface area contributed by atoms with Gasteiger partial charge in [0.25, 0.3) is 5.91 Å². The highest BCUT2D eigenvalue weighted by molar-refractivity contribution is 6.00. The lowest BCUT2D eigenvalue weighted by Crippen LogP contribution is -2.34. The van der Waals surface area contributed by atoms with E-state index in [4.69, 9.17) is 10.2 Å². The van der Waals surface area contributed by atoms with Gasteiger partial charge in [-0.2, -0.15) is 0 Å². The molecule has 146 valence electrons. The third-order valence-corrected chi connectivity index (χ3v) is 5.29. The first-order valence-electron chi connectivity index (χ1n) is 9.20. The number of nitrogens with two attached hydrogens (primary N) is 1.